The van der Waals surface area contributed by atoms with Crippen molar-refractivity contribution in [3.05, 3.63) is 76.9 Å². The van der Waals surface area contributed by atoms with Crippen molar-refractivity contribution in [3.8, 4) is 12.1 Å². The summed E-state index contributed by atoms with van der Waals surface area (Å²) in [7, 11) is 0. The third-order valence-corrected chi connectivity index (χ3v) is 3.26. The molecule has 0 saturated carbocycles. The van der Waals surface area contributed by atoms with Gasteiger partial charge in [-0.15, -0.1) is 0 Å². The topological polar surface area (TPSA) is 97.4 Å². The third kappa shape index (κ3) is 4.51. The molecule has 0 aliphatic rings. The van der Waals surface area contributed by atoms with Crippen LogP contribution in [0, 0.1) is 36.4 Å². The lowest BCUT2D eigenvalue weighted by atomic mass is 10.0. The van der Waals surface area contributed by atoms with Crippen molar-refractivity contribution >= 4 is 29.2 Å². The molecule has 0 amide bonds. The number of aromatic nitrogens is 2. The van der Waals surface area contributed by atoms with E-state index >= 15 is 0 Å². The quantitative estimate of drug-likeness (QED) is 0.607. The molecule has 136 valence electrons. The molecule has 2 aromatic carbocycles. The van der Waals surface area contributed by atoms with Gasteiger partial charge in [0, 0.05) is 31.8 Å². The summed E-state index contributed by atoms with van der Waals surface area (Å²) in [5, 5.41) is 23.2. The average molecular weight is 379 g/mol. The summed E-state index contributed by atoms with van der Waals surface area (Å²) in [5.74, 6) is -0.382. The Morgan fingerprint density at radius 1 is 1.14 bits per heavy atom. The van der Waals surface area contributed by atoms with Gasteiger partial charge in [-0.05, 0) is 78.8 Å². The van der Waals surface area contributed by atoms with E-state index in [0.29, 0.717) is 0 Å². The summed E-state index contributed by atoms with van der Waals surface area (Å²) in [6.45, 7) is -6.29. The number of anilines is 4. The van der Waals surface area contributed by atoms with Crippen LogP contribution < -0.4 is 10.6 Å². The first-order valence-corrected chi connectivity index (χ1v) is 7.65. The molecular formula is C22H18N6. The van der Waals surface area contributed by atoms with Crippen LogP contribution in [0.1, 0.15) is 38.7 Å². The van der Waals surface area contributed by atoms with Gasteiger partial charge in [-0.2, -0.15) is 15.5 Å². The maximum atomic E-state index is 9.02. The second-order valence-corrected chi connectivity index (χ2v) is 5.15. The molecule has 0 bridgehead atoms. The van der Waals surface area contributed by atoms with Crippen molar-refractivity contribution in [3.63, 3.8) is 0 Å². The van der Waals surface area contributed by atoms with Gasteiger partial charge < -0.3 is 10.6 Å². The van der Waals surface area contributed by atoms with Gasteiger partial charge in [0.15, 0.2) is 0 Å². The SMILES string of the molecule is [2H]/C(C#N)=C(/[2H])c1c([2H])c(C([2H])([2H])[2H])c(Nc2ccnc(Nc3c([2H])cc(C#N)cc3[2H])n2)c(C([2H])([2H])[2H])c1[2H]. The molecule has 0 saturated heterocycles. The fourth-order valence-electron chi connectivity index (χ4n) is 2.06. The number of allylic oxidation sites excluding steroid dienone is 1. The van der Waals surface area contributed by atoms with Gasteiger partial charge >= 0.3 is 0 Å². The number of nitrogens with one attached hydrogen (secondary N) is 2. The Labute approximate surface area is 180 Å². The fraction of sp³-hybridized carbons (Fsp3) is 0.0909. The number of nitriles is 2. The second kappa shape index (κ2) is 8.48. The largest absolute Gasteiger partial charge is 0.340 e. The molecule has 0 radical (unpaired) electrons. The van der Waals surface area contributed by atoms with Crippen molar-refractivity contribution in [1.82, 2.24) is 9.97 Å². The van der Waals surface area contributed by atoms with Crippen LogP contribution in [0.2, 0.25) is 0 Å². The van der Waals surface area contributed by atoms with Gasteiger partial charge in [0.05, 0.1) is 25.9 Å². The molecule has 2 N–H and O–H groups in total. The van der Waals surface area contributed by atoms with Crippen LogP contribution >= 0.6 is 0 Å². The molecule has 28 heavy (non-hydrogen) atoms. The van der Waals surface area contributed by atoms with E-state index in [1.54, 1.807) is 0 Å². The molecule has 3 rings (SSSR count). The molecular weight excluding hydrogens is 348 g/mol. The molecule has 3 aromatic rings. The Balaban J connectivity index is 2.25. The lowest BCUT2D eigenvalue weighted by Gasteiger charge is -2.14. The van der Waals surface area contributed by atoms with Gasteiger partial charge in [-0.3, -0.25) is 0 Å². The zero-order chi connectivity index (χ0) is 30.2. The maximum absolute atomic E-state index is 9.02. The lowest BCUT2D eigenvalue weighted by molar-refractivity contribution is 1.16. The van der Waals surface area contributed by atoms with E-state index in [0.717, 1.165) is 0 Å². The predicted molar refractivity (Wildman–Crippen MR) is 110 cm³/mol. The summed E-state index contributed by atoms with van der Waals surface area (Å²) < 4.78 is 96.6. The molecule has 6 nitrogen and oxygen atoms in total. The van der Waals surface area contributed by atoms with Crippen LogP contribution in [0.15, 0.2) is 54.6 Å². The summed E-state index contributed by atoms with van der Waals surface area (Å²) in [6, 6.07) is 2.58. The van der Waals surface area contributed by atoms with Crippen molar-refractivity contribution in [2.24, 2.45) is 0 Å². The van der Waals surface area contributed by atoms with Gasteiger partial charge in [0.1, 0.15) is 5.82 Å². The first kappa shape index (κ1) is 8.69. The van der Waals surface area contributed by atoms with Gasteiger partial charge in [-0.1, -0.05) is 0 Å². The highest BCUT2D eigenvalue weighted by Gasteiger charge is 2.07. The van der Waals surface area contributed by atoms with E-state index in [1.165, 1.54) is 30.5 Å². The monoisotopic (exact) mass is 378 g/mol. The molecule has 1 heterocycles. The maximum Gasteiger partial charge on any atom is 0.229 e. The molecule has 0 unspecified atom stereocenters. The molecule has 0 fully saturated rings. The highest BCUT2D eigenvalue weighted by atomic mass is 15.1. The van der Waals surface area contributed by atoms with Crippen LogP contribution in [0.25, 0.3) is 6.05 Å². The number of nitrogens with zero attached hydrogens (tertiary/aromatic N) is 4. The molecule has 0 aliphatic carbocycles. The molecule has 6 heteroatoms. The van der Waals surface area contributed by atoms with Crippen LogP contribution in [0.5, 0.6) is 0 Å². The summed E-state index contributed by atoms with van der Waals surface area (Å²) >= 11 is 0. The highest BCUT2D eigenvalue weighted by molar-refractivity contribution is 5.69. The second-order valence-electron chi connectivity index (χ2n) is 5.15. The molecule has 0 aliphatic heterocycles. The van der Waals surface area contributed by atoms with E-state index in [1.807, 2.05) is 6.07 Å². The van der Waals surface area contributed by atoms with E-state index < -0.39 is 60.3 Å². The molecule has 0 atom stereocenters. The van der Waals surface area contributed by atoms with Gasteiger partial charge in [0.25, 0.3) is 0 Å². The number of rotatable bonds is 5. The Hall–Kier alpha value is -4.16. The Kier molecular flexibility index (Phi) is 2.63. The predicted octanol–water partition coefficient (Wildman–Crippen LogP) is 4.99. The van der Waals surface area contributed by atoms with Crippen LogP contribution in [-0.4, -0.2) is 9.97 Å². The Bertz CT molecular complexity index is 1550. The van der Waals surface area contributed by atoms with Crippen molar-refractivity contribution in [2.45, 2.75) is 13.7 Å². The minimum Gasteiger partial charge on any atom is -0.340 e. The average Bonchev–Trinajstić information content (AvgIpc) is 2.83. The first-order chi connectivity index (χ1) is 18.5. The fourth-order valence-corrected chi connectivity index (χ4v) is 2.06. The molecule has 0 spiro atoms. The minimum absolute atomic E-state index is 0.0489. The van der Waals surface area contributed by atoms with Gasteiger partial charge in [0.2, 0.25) is 5.95 Å². The zero-order valence-corrected chi connectivity index (χ0v) is 14.1. The normalized spacial score (nSPS) is 18.1. The van der Waals surface area contributed by atoms with Crippen LogP contribution in [0.3, 0.4) is 0 Å². The first-order valence-electron chi connectivity index (χ1n) is 13.7. The van der Waals surface area contributed by atoms with E-state index in [-0.39, 0.29) is 35.1 Å². The number of benzene rings is 2. The van der Waals surface area contributed by atoms with Crippen LogP contribution in [-0.2, 0) is 0 Å². The van der Waals surface area contributed by atoms with Crippen molar-refractivity contribution in [2.75, 3.05) is 10.6 Å². The van der Waals surface area contributed by atoms with Gasteiger partial charge in [-0.25, -0.2) is 4.98 Å². The number of hydrogen-bond acceptors (Lipinski definition) is 6. The summed E-state index contributed by atoms with van der Waals surface area (Å²) in [4.78, 5) is 8.09. The summed E-state index contributed by atoms with van der Waals surface area (Å²) in [6.07, 6.45) is 1.19. The minimum atomic E-state index is -3.15. The summed E-state index contributed by atoms with van der Waals surface area (Å²) in [5.41, 5.74) is -3.17. The molecule has 1 aromatic heterocycles. The highest BCUT2D eigenvalue weighted by Crippen LogP contribution is 2.26. The van der Waals surface area contributed by atoms with E-state index in [2.05, 4.69) is 20.6 Å². The van der Waals surface area contributed by atoms with Crippen molar-refractivity contribution in [1.29, 1.82) is 10.5 Å². The Morgan fingerprint density at radius 3 is 2.54 bits per heavy atom. The number of hydrogen-bond donors (Lipinski definition) is 2. The Morgan fingerprint density at radius 2 is 1.89 bits per heavy atom. The third-order valence-electron chi connectivity index (χ3n) is 3.26. The zero-order valence-electron chi connectivity index (χ0n) is 26.1. The van der Waals surface area contributed by atoms with Crippen molar-refractivity contribution < 1.29 is 16.4 Å². The smallest absolute Gasteiger partial charge is 0.229 e. The van der Waals surface area contributed by atoms with Crippen LogP contribution in [0.4, 0.5) is 23.1 Å². The lowest BCUT2D eigenvalue weighted by Crippen LogP contribution is -2.02. The standard InChI is InChI=1S/C22H18N6/c1-15-12-18(4-3-10-23)13-16(2)21(15)27-20-9-11-25-22(28-20)26-19-7-5-17(14-24)6-8-19/h3-9,11-13H,1-2H3,(H2,25,26,27,28)/b4-3+/i1D3,2D3,3D,4D,7D,8D,12D,13D. The van der Waals surface area contributed by atoms with E-state index in [9.17, 15) is 0 Å². The van der Waals surface area contributed by atoms with E-state index in [4.69, 9.17) is 27.0 Å².